The highest BCUT2D eigenvalue weighted by molar-refractivity contribution is 7.47. The topological polar surface area (TPSA) is 210 Å². The Morgan fingerprint density at radius 3 is 1.96 bits per heavy atom. The zero-order valence-corrected chi connectivity index (χ0v) is 34.3. The lowest BCUT2D eigenvalue weighted by molar-refractivity contribution is -0.161. The minimum atomic E-state index is -4.66. The van der Waals surface area contributed by atoms with E-state index in [4.69, 9.17) is 19.1 Å². The molecular weight excluding hydrogens is 719 g/mol. The molecule has 8 atom stereocenters. The van der Waals surface area contributed by atoms with E-state index < -0.39 is 70.1 Å². The molecule has 0 aromatic heterocycles. The molecule has 1 aliphatic rings. The normalized spacial score (nSPS) is 21.7. The molecule has 0 spiro atoms. The summed E-state index contributed by atoms with van der Waals surface area (Å²) in [7, 11) is -4.66. The summed E-state index contributed by atoms with van der Waals surface area (Å²) >= 11 is 0. The number of phosphoric ester groups is 1. The van der Waals surface area contributed by atoms with Gasteiger partial charge in [0.2, 0.25) is 0 Å². The summed E-state index contributed by atoms with van der Waals surface area (Å²) in [6.07, 6.45) is 17.0. The van der Waals surface area contributed by atoms with Crippen LogP contribution in [0.2, 0.25) is 0 Å². The second-order valence-electron chi connectivity index (χ2n) is 15.5. The third-order valence-electron chi connectivity index (χ3n) is 9.95. The van der Waals surface area contributed by atoms with Crippen LogP contribution in [0.15, 0.2) is 12.2 Å². The number of carbonyl (C=O) groups excluding carboxylic acids is 2. The molecule has 1 aliphatic carbocycles. The van der Waals surface area contributed by atoms with Crippen molar-refractivity contribution in [3.63, 3.8) is 0 Å². The molecule has 0 heterocycles. The number of carbonyl (C=O) groups is 2. The zero-order chi connectivity index (χ0) is 40.2. The molecule has 0 radical (unpaired) electrons. The maximum Gasteiger partial charge on any atom is 0.472 e. The van der Waals surface area contributed by atoms with Crippen molar-refractivity contribution >= 4 is 19.8 Å². The van der Waals surface area contributed by atoms with Crippen LogP contribution < -0.4 is 0 Å². The number of phosphoric acid groups is 1. The van der Waals surface area contributed by atoms with Gasteiger partial charge >= 0.3 is 19.8 Å². The molecule has 0 aromatic rings. The van der Waals surface area contributed by atoms with Crippen molar-refractivity contribution in [2.45, 2.75) is 186 Å². The van der Waals surface area contributed by atoms with E-state index in [-0.39, 0.29) is 31.3 Å². The van der Waals surface area contributed by atoms with Gasteiger partial charge in [0.05, 0.1) is 38.1 Å². The Bertz CT molecular complexity index is 1040. The zero-order valence-electron chi connectivity index (χ0n) is 33.4. The molecule has 0 aliphatic heterocycles. The van der Waals surface area contributed by atoms with Crippen molar-refractivity contribution in [2.75, 3.05) is 26.4 Å². The van der Waals surface area contributed by atoms with Gasteiger partial charge in [-0.25, -0.2) is 4.57 Å². The van der Waals surface area contributed by atoms with Crippen LogP contribution in [0.5, 0.6) is 0 Å². The third-order valence-corrected chi connectivity index (χ3v) is 10.9. The Labute approximate surface area is 324 Å². The molecule has 0 saturated heterocycles. The maximum atomic E-state index is 12.6. The predicted molar refractivity (Wildman–Crippen MR) is 207 cm³/mol. The van der Waals surface area contributed by atoms with Gasteiger partial charge in [-0.3, -0.25) is 18.6 Å². The first-order valence-electron chi connectivity index (χ1n) is 20.8. The van der Waals surface area contributed by atoms with Crippen molar-refractivity contribution < 1.29 is 63.1 Å². The van der Waals surface area contributed by atoms with Crippen LogP contribution in [0.4, 0.5) is 0 Å². The van der Waals surface area contributed by atoms with E-state index in [1.54, 1.807) is 6.08 Å². The van der Waals surface area contributed by atoms with E-state index in [2.05, 4.69) is 25.3 Å². The van der Waals surface area contributed by atoms with Gasteiger partial charge in [0.15, 0.2) is 6.10 Å². The van der Waals surface area contributed by atoms with Crippen molar-refractivity contribution in [1.82, 2.24) is 0 Å². The average Bonchev–Trinajstić information content (AvgIpc) is 3.40. The predicted octanol–water partition coefficient (Wildman–Crippen LogP) is 6.68. The van der Waals surface area contributed by atoms with Gasteiger partial charge in [0.25, 0.3) is 0 Å². The molecule has 0 amide bonds. The van der Waals surface area contributed by atoms with E-state index >= 15 is 0 Å². The van der Waals surface area contributed by atoms with Gasteiger partial charge in [-0.1, -0.05) is 123 Å². The fraction of sp³-hybridized carbons (Fsp3) is 0.900. The first-order valence-corrected chi connectivity index (χ1v) is 22.3. The summed E-state index contributed by atoms with van der Waals surface area (Å²) in [6, 6.07) is 0. The van der Waals surface area contributed by atoms with Crippen molar-refractivity contribution in [3.8, 4) is 0 Å². The summed E-state index contributed by atoms with van der Waals surface area (Å²) in [5.41, 5.74) is 0. The Morgan fingerprint density at radius 2 is 1.33 bits per heavy atom. The van der Waals surface area contributed by atoms with Crippen LogP contribution >= 0.6 is 7.82 Å². The minimum Gasteiger partial charge on any atom is -0.462 e. The highest BCUT2D eigenvalue weighted by atomic mass is 31.2. The number of hydrogen-bond donors (Lipinski definition) is 6. The highest BCUT2D eigenvalue weighted by Crippen LogP contribution is 2.43. The lowest BCUT2D eigenvalue weighted by atomic mass is 9.88. The average molecular weight is 795 g/mol. The smallest absolute Gasteiger partial charge is 0.462 e. The lowest BCUT2D eigenvalue weighted by Gasteiger charge is -2.21. The first-order chi connectivity index (χ1) is 25.8. The number of unbranched alkanes of at least 4 members (excludes halogenated alkanes) is 12. The van der Waals surface area contributed by atoms with Gasteiger partial charge in [0, 0.05) is 25.2 Å². The lowest BCUT2D eigenvalue weighted by Crippen LogP contribution is -2.29. The monoisotopic (exact) mass is 794 g/mol. The number of aliphatic hydroxyl groups excluding tert-OH is 5. The summed E-state index contributed by atoms with van der Waals surface area (Å²) < 4.78 is 32.6. The summed E-state index contributed by atoms with van der Waals surface area (Å²) in [6.45, 7) is 4.29. The number of rotatable bonds is 34. The van der Waals surface area contributed by atoms with E-state index in [0.717, 1.165) is 63.7 Å². The molecule has 1 saturated carbocycles. The molecule has 14 heteroatoms. The van der Waals surface area contributed by atoms with Gasteiger partial charge in [0.1, 0.15) is 12.7 Å². The van der Waals surface area contributed by atoms with Crippen LogP contribution in [0, 0.1) is 17.8 Å². The van der Waals surface area contributed by atoms with Crippen molar-refractivity contribution in [3.05, 3.63) is 12.2 Å². The Kier molecular flexibility index (Phi) is 28.8. The quantitative estimate of drug-likeness (QED) is 0.0174. The maximum absolute atomic E-state index is 12.6. The Balaban J connectivity index is 2.47. The fourth-order valence-electron chi connectivity index (χ4n) is 6.69. The Hall–Kier alpha value is -1.41. The Morgan fingerprint density at radius 1 is 0.759 bits per heavy atom. The van der Waals surface area contributed by atoms with Gasteiger partial charge in [-0.2, -0.15) is 0 Å². The van der Waals surface area contributed by atoms with Crippen LogP contribution in [0.3, 0.4) is 0 Å². The van der Waals surface area contributed by atoms with Gasteiger partial charge < -0.3 is 39.9 Å². The molecule has 6 N–H and O–H groups in total. The molecular formula is C40H75O13P. The molecule has 318 valence electrons. The van der Waals surface area contributed by atoms with Crippen molar-refractivity contribution in [2.24, 2.45) is 17.8 Å². The van der Waals surface area contributed by atoms with E-state index in [1.165, 1.54) is 32.1 Å². The third kappa shape index (κ3) is 25.7. The van der Waals surface area contributed by atoms with Crippen LogP contribution in [0.25, 0.3) is 0 Å². The highest BCUT2D eigenvalue weighted by Gasteiger charge is 2.39. The van der Waals surface area contributed by atoms with E-state index in [0.29, 0.717) is 32.1 Å². The van der Waals surface area contributed by atoms with Crippen LogP contribution in [-0.2, 0) is 32.7 Å². The number of aliphatic hydroxyl groups is 5. The molecule has 1 unspecified atom stereocenters. The van der Waals surface area contributed by atoms with Crippen LogP contribution in [0.1, 0.15) is 156 Å². The first kappa shape index (κ1) is 50.6. The number of ether oxygens (including phenoxy) is 2. The molecule has 13 nitrogen and oxygen atoms in total. The van der Waals surface area contributed by atoms with E-state index in [9.17, 15) is 39.5 Å². The second-order valence-corrected chi connectivity index (χ2v) is 16.9. The molecule has 0 aromatic carbocycles. The van der Waals surface area contributed by atoms with E-state index in [1.807, 2.05) is 6.08 Å². The largest absolute Gasteiger partial charge is 0.472 e. The standard InChI is InChI=1S/C40H75O13P/c1-4-5-14-20-32(42)24-25-36-35(37(44)26-38(36)45)21-16-12-13-17-22-39(46)50-29-34(30-52-54(48,49)51-28-33(43)27-41)53-40(47)23-18-11-9-7-6-8-10-15-19-31(2)3/h24-25,31-38,41-45H,4-23,26-30H2,1-3H3,(H,48,49)/b25-24+/t32-,33-,34+,35+,36+,37-,38+/m0/s1. The summed E-state index contributed by atoms with van der Waals surface area (Å²) in [5, 5.41) is 49.6. The SMILES string of the molecule is CCCCC[C@H](O)/C=C/[C@@H]1[C@@H](CCCCCCC(=O)OC[C@H](COP(=O)(O)OC[C@@H](O)CO)OC(=O)CCCCCCCCCCC(C)C)[C@@H](O)C[C@H]1O. The number of esters is 2. The number of hydrogen-bond acceptors (Lipinski definition) is 12. The van der Waals surface area contributed by atoms with Gasteiger partial charge in [-0.15, -0.1) is 0 Å². The second kappa shape index (κ2) is 30.7. The summed E-state index contributed by atoms with van der Waals surface area (Å²) in [4.78, 5) is 35.1. The molecule has 54 heavy (non-hydrogen) atoms. The van der Waals surface area contributed by atoms with Gasteiger partial charge in [-0.05, 0) is 37.5 Å². The molecule has 1 rings (SSSR count). The summed E-state index contributed by atoms with van der Waals surface area (Å²) in [5.74, 6) is -0.632. The molecule has 1 fully saturated rings. The van der Waals surface area contributed by atoms with Crippen molar-refractivity contribution in [1.29, 1.82) is 0 Å². The minimum absolute atomic E-state index is 0.0976. The van der Waals surface area contributed by atoms with Crippen LogP contribution in [-0.4, -0.2) is 99.3 Å². The fourth-order valence-corrected chi connectivity index (χ4v) is 7.47. The molecule has 0 bridgehead atoms.